The van der Waals surface area contributed by atoms with Crippen LogP contribution >= 0.6 is 0 Å². The first kappa shape index (κ1) is 45.1. The molecule has 66 heavy (non-hydrogen) atoms. The van der Waals surface area contributed by atoms with Crippen LogP contribution in [-0.2, 0) is 16.9 Å². The zero-order valence-corrected chi connectivity index (χ0v) is 38.2. The molecule has 0 saturated heterocycles. The van der Waals surface area contributed by atoms with Gasteiger partial charge < -0.3 is 34.6 Å². The van der Waals surface area contributed by atoms with E-state index in [0.717, 1.165) is 16.7 Å². The van der Waals surface area contributed by atoms with E-state index in [9.17, 15) is 23.9 Å². The molecule has 0 bridgehead atoms. The van der Waals surface area contributed by atoms with Gasteiger partial charge in [-0.15, -0.1) is 0 Å². The SMILES string of the molecule is CC(Nc1ccccc1C(=O)c1ccc(F)cc1)(C(=O)[O-])c1ccc(Oc2ccc(C(=O)c3ccccc3Nc3cccc(OCCn4c5ccccc5c5ccccc54)c3)cc2)cc1.[Na+]. The number of fused-ring (bicyclic) bond motifs is 3. The monoisotopic (exact) mass is 881 g/mol. The Hall–Kier alpha value is -7.50. The second kappa shape index (κ2) is 19.7. The first-order valence-electron chi connectivity index (χ1n) is 21.0. The van der Waals surface area contributed by atoms with Gasteiger partial charge in [-0.1, -0.05) is 78.9 Å². The average molecular weight is 882 g/mol. The fourth-order valence-electron chi connectivity index (χ4n) is 7.99. The van der Waals surface area contributed by atoms with E-state index in [1.165, 1.54) is 42.0 Å². The number of carboxylic acids is 1. The fraction of sp³-hybridized carbons (Fsp3) is 0.0727. The smallest absolute Gasteiger partial charge is 0.547 e. The van der Waals surface area contributed by atoms with E-state index in [1.54, 1.807) is 78.9 Å². The molecule has 2 N–H and O–H groups in total. The van der Waals surface area contributed by atoms with Crippen molar-refractivity contribution in [1.82, 2.24) is 4.57 Å². The summed E-state index contributed by atoms with van der Waals surface area (Å²) in [5, 5.41) is 21.5. The van der Waals surface area contributed by atoms with Crippen molar-refractivity contribution < 1.29 is 62.9 Å². The second-order valence-electron chi connectivity index (χ2n) is 15.6. The minimum absolute atomic E-state index is 0. The van der Waals surface area contributed by atoms with Gasteiger partial charge in [0.05, 0.1) is 18.1 Å². The van der Waals surface area contributed by atoms with Crippen LogP contribution in [0.4, 0.5) is 21.5 Å². The third kappa shape index (κ3) is 9.48. The number of carbonyl (C=O) groups is 3. The maximum absolute atomic E-state index is 13.9. The molecule has 0 radical (unpaired) electrons. The van der Waals surface area contributed by atoms with Gasteiger partial charge in [0.1, 0.15) is 29.7 Å². The van der Waals surface area contributed by atoms with Crippen molar-refractivity contribution in [3.63, 3.8) is 0 Å². The summed E-state index contributed by atoms with van der Waals surface area (Å²) in [6.07, 6.45) is 0. The van der Waals surface area contributed by atoms with Crippen molar-refractivity contribution in [2.75, 3.05) is 17.2 Å². The maximum Gasteiger partial charge on any atom is 1.00 e. The summed E-state index contributed by atoms with van der Waals surface area (Å²) < 4.78 is 28.2. The summed E-state index contributed by atoms with van der Waals surface area (Å²) in [4.78, 5) is 39.9. The molecular formula is C55H41FN3NaO6. The molecule has 9 rings (SSSR count). The number of nitrogens with zero attached hydrogens (tertiary/aromatic N) is 1. The van der Waals surface area contributed by atoms with Gasteiger partial charge in [0, 0.05) is 67.2 Å². The molecule has 9 aromatic rings. The minimum Gasteiger partial charge on any atom is -0.547 e. The molecule has 0 amide bonds. The van der Waals surface area contributed by atoms with Crippen molar-refractivity contribution >= 4 is 56.4 Å². The Balaban J connectivity index is 0.00000592. The molecule has 11 heteroatoms. The minimum atomic E-state index is -1.75. The zero-order valence-electron chi connectivity index (χ0n) is 36.2. The van der Waals surface area contributed by atoms with Gasteiger partial charge in [0.25, 0.3) is 0 Å². The molecule has 9 nitrogen and oxygen atoms in total. The summed E-state index contributed by atoms with van der Waals surface area (Å²) in [5.74, 6) is -0.891. The van der Waals surface area contributed by atoms with Gasteiger partial charge in [0.2, 0.25) is 0 Å². The number of halogens is 1. The number of aliphatic carboxylic acids is 1. The van der Waals surface area contributed by atoms with E-state index in [-0.39, 0.29) is 52.2 Å². The number of hydrogen-bond acceptors (Lipinski definition) is 8. The topological polar surface area (TPSA) is 122 Å². The van der Waals surface area contributed by atoms with E-state index in [2.05, 4.69) is 63.7 Å². The third-order valence-electron chi connectivity index (χ3n) is 11.4. The first-order valence-corrected chi connectivity index (χ1v) is 21.0. The number of rotatable bonds is 16. The Labute approximate surface area is 402 Å². The number of carboxylic acid groups (broad SMARTS) is 1. The number of ether oxygens (including phenoxy) is 2. The number of para-hydroxylation sites is 4. The first-order chi connectivity index (χ1) is 31.6. The normalized spacial score (nSPS) is 11.8. The van der Waals surface area contributed by atoms with E-state index < -0.39 is 23.1 Å². The Morgan fingerprint density at radius 1 is 0.591 bits per heavy atom. The van der Waals surface area contributed by atoms with Crippen molar-refractivity contribution in [3.05, 3.63) is 228 Å². The molecule has 1 heterocycles. The second-order valence-corrected chi connectivity index (χ2v) is 15.6. The number of ketones is 2. The largest absolute Gasteiger partial charge is 1.00 e. The summed E-state index contributed by atoms with van der Waals surface area (Å²) in [7, 11) is 0. The predicted octanol–water partition coefficient (Wildman–Crippen LogP) is 8.09. The van der Waals surface area contributed by atoms with Crippen molar-refractivity contribution in [2.45, 2.75) is 19.0 Å². The summed E-state index contributed by atoms with van der Waals surface area (Å²) in [6.45, 7) is 2.58. The quantitative estimate of drug-likeness (QED) is 0.0739. The molecule has 0 fully saturated rings. The molecule has 0 spiro atoms. The van der Waals surface area contributed by atoms with Crippen LogP contribution in [0.2, 0.25) is 0 Å². The fourth-order valence-corrected chi connectivity index (χ4v) is 7.99. The van der Waals surface area contributed by atoms with Crippen LogP contribution in [-0.4, -0.2) is 28.7 Å². The van der Waals surface area contributed by atoms with E-state index in [0.29, 0.717) is 52.8 Å². The Morgan fingerprint density at radius 3 is 1.71 bits per heavy atom. The molecule has 0 aliphatic carbocycles. The standard InChI is InChI=1S/C55H42FN3O6.Na/c1-55(54(62)63,58-49-18-7-3-16-47(49)53(61)36-21-27-39(56)28-22-36)38-25-31-42(32-26-38)65-41-29-23-37(24-30-41)52(60)46-15-2-6-17-48(46)57-40-11-10-12-43(35-40)64-34-33-59-50-19-8-4-13-44(50)45-14-5-9-20-51(45)59;/h2-32,35,57-58H,33-34H2,1H3,(H,62,63);/q;+1/p-1. The Kier molecular flexibility index (Phi) is 13.5. The third-order valence-corrected chi connectivity index (χ3v) is 11.4. The van der Waals surface area contributed by atoms with Gasteiger partial charge in [-0.05, 0) is 122 Å². The van der Waals surface area contributed by atoms with Gasteiger partial charge in [-0.2, -0.15) is 0 Å². The van der Waals surface area contributed by atoms with Gasteiger partial charge in [-0.25, -0.2) is 4.39 Å². The molecule has 1 atom stereocenters. The van der Waals surface area contributed by atoms with Crippen molar-refractivity contribution in [1.29, 1.82) is 0 Å². The number of aromatic nitrogens is 1. The van der Waals surface area contributed by atoms with Gasteiger partial charge in [-0.3, -0.25) is 9.59 Å². The van der Waals surface area contributed by atoms with E-state index in [1.807, 2.05) is 42.5 Å². The van der Waals surface area contributed by atoms with Crippen molar-refractivity contribution in [3.8, 4) is 17.2 Å². The summed E-state index contributed by atoms with van der Waals surface area (Å²) in [6, 6.07) is 56.6. The van der Waals surface area contributed by atoms with Crippen molar-refractivity contribution in [2.24, 2.45) is 0 Å². The van der Waals surface area contributed by atoms with E-state index in [4.69, 9.17) is 9.47 Å². The van der Waals surface area contributed by atoms with Crippen LogP contribution in [0.15, 0.2) is 194 Å². The van der Waals surface area contributed by atoms with Crippen LogP contribution in [0.5, 0.6) is 17.2 Å². The maximum atomic E-state index is 13.9. The van der Waals surface area contributed by atoms with Crippen LogP contribution in [0, 0.1) is 5.82 Å². The predicted molar refractivity (Wildman–Crippen MR) is 250 cm³/mol. The number of carbonyl (C=O) groups excluding carboxylic acids is 3. The molecular weight excluding hydrogens is 841 g/mol. The molecule has 0 aliphatic rings. The molecule has 1 unspecified atom stereocenters. The number of hydrogen-bond donors (Lipinski definition) is 2. The van der Waals surface area contributed by atoms with Gasteiger partial charge >= 0.3 is 29.6 Å². The van der Waals surface area contributed by atoms with Crippen LogP contribution in [0.25, 0.3) is 21.8 Å². The number of nitrogens with one attached hydrogen (secondary N) is 2. The summed E-state index contributed by atoms with van der Waals surface area (Å²) in [5.41, 5.74) is 4.01. The number of benzene rings is 8. The van der Waals surface area contributed by atoms with Crippen LogP contribution in [0.3, 0.4) is 0 Å². The number of anilines is 3. The molecule has 1 aromatic heterocycles. The Morgan fingerprint density at radius 2 is 1.11 bits per heavy atom. The molecule has 8 aromatic carbocycles. The molecule has 0 aliphatic heterocycles. The van der Waals surface area contributed by atoms with Crippen LogP contribution < -0.4 is 54.8 Å². The summed E-state index contributed by atoms with van der Waals surface area (Å²) >= 11 is 0. The molecule has 320 valence electrons. The Bertz CT molecular complexity index is 3150. The molecule has 0 saturated carbocycles. The average Bonchev–Trinajstić information content (AvgIpc) is 3.65. The zero-order chi connectivity index (χ0) is 44.9. The van der Waals surface area contributed by atoms with Crippen LogP contribution in [0.1, 0.15) is 44.3 Å². The van der Waals surface area contributed by atoms with E-state index >= 15 is 0 Å². The van der Waals surface area contributed by atoms with Gasteiger partial charge in [0.15, 0.2) is 11.6 Å².